The first-order valence-corrected chi connectivity index (χ1v) is 9.33. The van der Waals surface area contributed by atoms with Gasteiger partial charge < -0.3 is 0 Å². The molecule has 0 amide bonds. The molecule has 0 heterocycles. The molecule has 2 rings (SSSR count). The van der Waals surface area contributed by atoms with Gasteiger partial charge in [0.05, 0.1) is 0 Å². The van der Waals surface area contributed by atoms with E-state index in [-0.39, 0.29) is 0 Å². The summed E-state index contributed by atoms with van der Waals surface area (Å²) in [6, 6.07) is 11.0. The zero-order valence-corrected chi connectivity index (χ0v) is 14.2. The molecule has 0 spiro atoms. The second-order valence-corrected chi connectivity index (χ2v) is 7.30. The Bertz CT molecular complexity index is 363. The first-order chi connectivity index (χ1) is 10.3. The van der Waals surface area contributed by atoms with Crippen LogP contribution in [0.25, 0.3) is 0 Å². The van der Waals surface area contributed by atoms with Crippen LogP contribution in [0.4, 0.5) is 0 Å². The van der Waals surface area contributed by atoms with E-state index in [2.05, 4.69) is 44.2 Å². The number of hydrogen-bond acceptors (Lipinski definition) is 0. The molecule has 1 aromatic carbocycles. The van der Waals surface area contributed by atoms with Gasteiger partial charge in [0.15, 0.2) is 0 Å². The molecule has 0 aliphatic heterocycles. The summed E-state index contributed by atoms with van der Waals surface area (Å²) in [4.78, 5) is 0. The summed E-state index contributed by atoms with van der Waals surface area (Å²) in [6.45, 7) is 4.81. The van der Waals surface area contributed by atoms with Crippen molar-refractivity contribution in [3.8, 4) is 0 Å². The third kappa shape index (κ3) is 6.68. The monoisotopic (exact) mass is 286 g/mol. The van der Waals surface area contributed by atoms with Crippen molar-refractivity contribution in [2.45, 2.75) is 78.1 Å². The molecule has 1 fully saturated rings. The van der Waals surface area contributed by atoms with Gasteiger partial charge in [-0.3, -0.25) is 0 Å². The molecule has 2 unspecified atom stereocenters. The molecule has 118 valence electrons. The molecular weight excluding hydrogens is 252 g/mol. The topological polar surface area (TPSA) is 0 Å². The third-order valence-corrected chi connectivity index (χ3v) is 5.25. The lowest BCUT2D eigenvalue weighted by Crippen LogP contribution is -2.14. The van der Waals surface area contributed by atoms with Gasteiger partial charge in [-0.25, -0.2) is 0 Å². The highest BCUT2D eigenvalue weighted by atomic mass is 14.3. The number of benzene rings is 1. The van der Waals surface area contributed by atoms with Gasteiger partial charge in [0, 0.05) is 0 Å². The molecule has 0 bridgehead atoms. The van der Waals surface area contributed by atoms with Crippen LogP contribution in [0.15, 0.2) is 30.3 Å². The Labute approximate surface area is 132 Å². The minimum absolute atomic E-state index is 0.829. The van der Waals surface area contributed by atoms with E-state index in [0.717, 1.165) is 17.8 Å². The van der Waals surface area contributed by atoms with Crippen LogP contribution in [0, 0.1) is 17.8 Å². The van der Waals surface area contributed by atoms with E-state index >= 15 is 0 Å². The fourth-order valence-corrected chi connectivity index (χ4v) is 3.66. The summed E-state index contributed by atoms with van der Waals surface area (Å²) < 4.78 is 0. The smallest absolute Gasteiger partial charge is 0.0250 e. The maximum absolute atomic E-state index is 2.47. The Morgan fingerprint density at radius 1 is 1.00 bits per heavy atom. The lowest BCUT2D eigenvalue weighted by atomic mass is 9.82. The van der Waals surface area contributed by atoms with Crippen LogP contribution in [0.2, 0.25) is 0 Å². The van der Waals surface area contributed by atoms with E-state index in [9.17, 15) is 0 Å². The predicted octanol–water partition coefficient (Wildman–Crippen LogP) is 6.64. The van der Waals surface area contributed by atoms with E-state index in [1.165, 1.54) is 69.8 Å². The molecule has 0 nitrogen and oxygen atoms in total. The highest BCUT2D eigenvalue weighted by Crippen LogP contribution is 2.34. The van der Waals surface area contributed by atoms with Gasteiger partial charge in [-0.05, 0) is 29.7 Å². The van der Waals surface area contributed by atoms with Gasteiger partial charge in [-0.1, -0.05) is 102 Å². The molecular formula is C21H34. The second kappa shape index (κ2) is 9.28. The van der Waals surface area contributed by atoms with Gasteiger partial charge in [0.2, 0.25) is 0 Å². The SMILES string of the molecule is CCCC(CCCCCC1CC1)C(C)Cc1ccccc1. The predicted molar refractivity (Wildman–Crippen MR) is 93.5 cm³/mol. The summed E-state index contributed by atoms with van der Waals surface area (Å²) in [6.07, 6.45) is 14.4. The van der Waals surface area contributed by atoms with E-state index in [0.29, 0.717) is 0 Å². The van der Waals surface area contributed by atoms with Crippen molar-refractivity contribution in [1.82, 2.24) is 0 Å². The summed E-state index contributed by atoms with van der Waals surface area (Å²) in [5.41, 5.74) is 1.51. The van der Waals surface area contributed by atoms with Crippen molar-refractivity contribution in [2.75, 3.05) is 0 Å². The Kier molecular flexibility index (Phi) is 7.33. The summed E-state index contributed by atoms with van der Waals surface area (Å²) >= 11 is 0. The number of hydrogen-bond donors (Lipinski definition) is 0. The molecule has 1 saturated carbocycles. The minimum Gasteiger partial charge on any atom is -0.0654 e. The van der Waals surface area contributed by atoms with Crippen molar-refractivity contribution in [2.24, 2.45) is 17.8 Å². The van der Waals surface area contributed by atoms with Gasteiger partial charge >= 0.3 is 0 Å². The molecule has 1 aromatic rings. The van der Waals surface area contributed by atoms with Crippen molar-refractivity contribution >= 4 is 0 Å². The lowest BCUT2D eigenvalue weighted by molar-refractivity contribution is 0.300. The fraction of sp³-hybridized carbons (Fsp3) is 0.714. The summed E-state index contributed by atoms with van der Waals surface area (Å²) in [7, 11) is 0. The van der Waals surface area contributed by atoms with Crippen LogP contribution >= 0.6 is 0 Å². The molecule has 2 atom stereocenters. The van der Waals surface area contributed by atoms with Crippen LogP contribution in [0.1, 0.15) is 77.2 Å². The lowest BCUT2D eigenvalue weighted by Gasteiger charge is -2.24. The average molecular weight is 287 g/mol. The van der Waals surface area contributed by atoms with Crippen molar-refractivity contribution in [3.05, 3.63) is 35.9 Å². The molecule has 0 N–H and O–H groups in total. The van der Waals surface area contributed by atoms with E-state index in [4.69, 9.17) is 0 Å². The van der Waals surface area contributed by atoms with Gasteiger partial charge in [0.25, 0.3) is 0 Å². The highest BCUT2D eigenvalue weighted by Gasteiger charge is 2.20. The zero-order chi connectivity index (χ0) is 14.9. The first kappa shape index (κ1) is 16.6. The van der Waals surface area contributed by atoms with Crippen molar-refractivity contribution < 1.29 is 0 Å². The maximum atomic E-state index is 2.47. The zero-order valence-electron chi connectivity index (χ0n) is 14.2. The van der Waals surface area contributed by atoms with Gasteiger partial charge in [-0.15, -0.1) is 0 Å². The van der Waals surface area contributed by atoms with Crippen LogP contribution in [-0.2, 0) is 6.42 Å². The quantitative estimate of drug-likeness (QED) is 0.400. The van der Waals surface area contributed by atoms with E-state index in [1.54, 1.807) is 0 Å². The second-order valence-electron chi connectivity index (χ2n) is 7.30. The Morgan fingerprint density at radius 3 is 2.43 bits per heavy atom. The summed E-state index contributed by atoms with van der Waals surface area (Å²) in [5, 5.41) is 0. The molecule has 1 aliphatic carbocycles. The van der Waals surface area contributed by atoms with E-state index < -0.39 is 0 Å². The number of rotatable bonds is 11. The third-order valence-electron chi connectivity index (χ3n) is 5.25. The Hall–Kier alpha value is -0.780. The molecule has 0 radical (unpaired) electrons. The van der Waals surface area contributed by atoms with Gasteiger partial charge in [0.1, 0.15) is 0 Å². The molecule has 1 aliphatic rings. The Morgan fingerprint density at radius 2 is 1.76 bits per heavy atom. The standard InChI is InChI=1S/C21H34/c1-3-10-21(14-9-5-6-11-19-15-16-19)18(2)17-20-12-7-4-8-13-20/h4,7-8,12-13,18-19,21H,3,5-6,9-11,14-17H2,1-2H3. The molecule has 21 heavy (non-hydrogen) atoms. The molecule has 0 aromatic heterocycles. The Balaban J connectivity index is 1.68. The largest absolute Gasteiger partial charge is 0.0654 e. The molecule has 0 heteroatoms. The van der Waals surface area contributed by atoms with Crippen LogP contribution in [0.3, 0.4) is 0 Å². The van der Waals surface area contributed by atoms with Crippen molar-refractivity contribution in [1.29, 1.82) is 0 Å². The first-order valence-electron chi connectivity index (χ1n) is 9.33. The fourth-order valence-electron chi connectivity index (χ4n) is 3.66. The summed E-state index contributed by atoms with van der Waals surface area (Å²) in [5.74, 6) is 2.88. The minimum atomic E-state index is 0.829. The number of unbranched alkanes of at least 4 members (excludes halogenated alkanes) is 2. The van der Waals surface area contributed by atoms with Crippen molar-refractivity contribution in [3.63, 3.8) is 0 Å². The van der Waals surface area contributed by atoms with Crippen LogP contribution in [0.5, 0.6) is 0 Å². The maximum Gasteiger partial charge on any atom is -0.0250 e. The van der Waals surface area contributed by atoms with Crippen LogP contribution < -0.4 is 0 Å². The highest BCUT2D eigenvalue weighted by molar-refractivity contribution is 5.15. The normalized spacial score (nSPS) is 17.6. The van der Waals surface area contributed by atoms with Crippen LogP contribution in [-0.4, -0.2) is 0 Å². The average Bonchev–Trinajstić information content (AvgIpc) is 3.31. The van der Waals surface area contributed by atoms with E-state index in [1.807, 2.05) is 0 Å². The molecule has 0 saturated heterocycles. The van der Waals surface area contributed by atoms with Gasteiger partial charge in [-0.2, -0.15) is 0 Å².